The number of carbonyl (C=O) groups excluding carboxylic acids is 1. The van der Waals surface area contributed by atoms with Crippen molar-refractivity contribution in [3.8, 4) is 0 Å². The Labute approximate surface area is 195 Å². The highest BCUT2D eigenvalue weighted by Crippen LogP contribution is 2.32. The van der Waals surface area contributed by atoms with E-state index in [1.54, 1.807) is 17.0 Å². The Bertz CT molecular complexity index is 1180. The molecule has 1 saturated heterocycles. The molecular formula is C20H20Cl2N4O5S. The summed E-state index contributed by atoms with van der Waals surface area (Å²) in [6.07, 6.45) is 1.84. The summed E-state index contributed by atoms with van der Waals surface area (Å²) in [5, 5.41) is 14.9. The summed E-state index contributed by atoms with van der Waals surface area (Å²) in [5.41, 5.74) is 0.395. The molecule has 4 rings (SSSR count). The molecule has 0 atom stereocenters. The average Bonchev–Trinajstić information content (AvgIpc) is 3.59. The second-order valence-electron chi connectivity index (χ2n) is 7.68. The van der Waals surface area contributed by atoms with Gasteiger partial charge in [-0.25, -0.2) is 8.42 Å². The third kappa shape index (κ3) is 4.68. The van der Waals surface area contributed by atoms with Crippen LogP contribution in [0.3, 0.4) is 0 Å². The number of hydrogen-bond donors (Lipinski definition) is 1. The zero-order chi connectivity index (χ0) is 23.0. The van der Waals surface area contributed by atoms with Crippen LogP contribution >= 0.6 is 23.2 Å². The summed E-state index contributed by atoms with van der Waals surface area (Å²) >= 11 is 11.8. The van der Waals surface area contributed by atoms with E-state index in [1.807, 2.05) is 0 Å². The van der Waals surface area contributed by atoms with E-state index in [-0.39, 0.29) is 64.3 Å². The molecule has 0 radical (unpaired) electrons. The molecule has 2 aliphatic rings. The number of anilines is 1. The van der Waals surface area contributed by atoms with E-state index in [0.717, 1.165) is 12.8 Å². The van der Waals surface area contributed by atoms with Crippen molar-refractivity contribution >= 4 is 50.5 Å². The molecule has 32 heavy (non-hydrogen) atoms. The molecule has 1 aliphatic heterocycles. The van der Waals surface area contributed by atoms with Gasteiger partial charge in [0.05, 0.1) is 19.9 Å². The van der Waals surface area contributed by atoms with Gasteiger partial charge in [-0.05, 0) is 43.2 Å². The first-order valence-electron chi connectivity index (χ1n) is 9.96. The van der Waals surface area contributed by atoms with E-state index in [1.165, 1.54) is 28.6 Å². The van der Waals surface area contributed by atoms with Crippen molar-refractivity contribution in [3.63, 3.8) is 0 Å². The molecule has 2 fully saturated rings. The van der Waals surface area contributed by atoms with Crippen LogP contribution in [0.15, 0.2) is 41.3 Å². The standard InChI is InChI=1S/C20H20Cl2N4O5S/c21-16-5-4-15(12-17(16)22)32(30,31)25-9-7-24(8-10-25)18-6-1-13(11-19(18)26(28)29)20(27)23-14-2-3-14/h1,4-6,11-12,14H,2-3,7-10H2,(H,23,27). The number of nitro groups is 1. The molecule has 1 N–H and O–H groups in total. The Kier molecular flexibility index (Phi) is 6.30. The molecule has 0 bridgehead atoms. The van der Waals surface area contributed by atoms with Crippen LogP contribution in [0.4, 0.5) is 11.4 Å². The van der Waals surface area contributed by atoms with E-state index < -0.39 is 14.9 Å². The Morgan fingerprint density at radius 2 is 1.72 bits per heavy atom. The highest BCUT2D eigenvalue weighted by atomic mass is 35.5. The lowest BCUT2D eigenvalue weighted by Gasteiger charge is -2.35. The Morgan fingerprint density at radius 1 is 1.03 bits per heavy atom. The van der Waals surface area contributed by atoms with Gasteiger partial charge in [0.1, 0.15) is 5.69 Å². The van der Waals surface area contributed by atoms with Crippen LogP contribution in [0.5, 0.6) is 0 Å². The second-order valence-corrected chi connectivity index (χ2v) is 10.4. The molecule has 170 valence electrons. The van der Waals surface area contributed by atoms with Crippen LogP contribution in [0.25, 0.3) is 0 Å². The van der Waals surface area contributed by atoms with E-state index in [2.05, 4.69) is 5.32 Å². The van der Waals surface area contributed by atoms with Crippen molar-refractivity contribution < 1.29 is 18.1 Å². The maximum absolute atomic E-state index is 12.9. The molecule has 0 aromatic heterocycles. The number of amides is 1. The number of sulfonamides is 1. The summed E-state index contributed by atoms with van der Waals surface area (Å²) in [6.45, 7) is 0.803. The topological polar surface area (TPSA) is 113 Å². The number of piperazine rings is 1. The molecule has 0 spiro atoms. The Morgan fingerprint density at radius 3 is 2.31 bits per heavy atom. The minimum Gasteiger partial charge on any atom is -0.363 e. The fourth-order valence-corrected chi connectivity index (χ4v) is 5.34. The van der Waals surface area contributed by atoms with Gasteiger partial charge in [-0.1, -0.05) is 23.2 Å². The maximum atomic E-state index is 12.9. The van der Waals surface area contributed by atoms with E-state index in [9.17, 15) is 23.3 Å². The van der Waals surface area contributed by atoms with Gasteiger partial charge in [0, 0.05) is 43.9 Å². The van der Waals surface area contributed by atoms with Crippen molar-refractivity contribution in [1.29, 1.82) is 0 Å². The quantitative estimate of drug-likeness (QED) is 0.482. The van der Waals surface area contributed by atoms with Crippen LogP contribution in [-0.4, -0.2) is 55.8 Å². The number of nitrogens with zero attached hydrogens (tertiary/aromatic N) is 3. The van der Waals surface area contributed by atoms with Gasteiger partial charge in [-0.2, -0.15) is 4.31 Å². The van der Waals surface area contributed by atoms with Crippen molar-refractivity contribution in [1.82, 2.24) is 9.62 Å². The minimum absolute atomic E-state index is 0.0392. The predicted molar refractivity (Wildman–Crippen MR) is 121 cm³/mol. The Hall–Kier alpha value is -2.40. The summed E-state index contributed by atoms with van der Waals surface area (Å²) in [4.78, 5) is 25.2. The van der Waals surface area contributed by atoms with E-state index >= 15 is 0 Å². The third-order valence-electron chi connectivity index (χ3n) is 5.46. The first-order valence-corrected chi connectivity index (χ1v) is 12.2. The predicted octanol–water partition coefficient (Wildman–Crippen LogP) is 3.30. The zero-order valence-corrected chi connectivity index (χ0v) is 19.2. The lowest BCUT2D eigenvalue weighted by Crippen LogP contribution is -2.48. The highest BCUT2D eigenvalue weighted by Gasteiger charge is 2.32. The molecule has 12 heteroatoms. The number of nitrogens with one attached hydrogen (secondary N) is 1. The number of hydrogen-bond acceptors (Lipinski definition) is 6. The normalized spacial score (nSPS) is 17.2. The molecule has 1 aliphatic carbocycles. The number of halogens is 2. The monoisotopic (exact) mass is 498 g/mol. The second kappa shape index (κ2) is 8.86. The van der Waals surface area contributed by atoms with Gasteiger partial charge >= 0.3 is 0 Å². The number of rotatable bonds is 6. The molecule has 1 heterocycles. The minimum atomic E-state index is -3.78. The summed E-state index contributed by atoms with van der Waals surface area (Å²) < 4.78 is 27.2. The fourth-order valence-electron chi connectivity index (χ4n) is 3.53. The van der Waals surface area contributed by atoms with Crippen LogP contribution in [0.1, 0.15) is 23.2 Å². The van der Waals surface area contributed by atoms with E-state index in [0.29, 0.717) is 5.69 Å². The third-order valence-corrected chi connectivity index (χ3v) is 8.09. The van der Waals surface area contributed by atoms with Crippen molar-refractivity contribution in [2.24, 2.45) is 0 Å². The lowest BCUT2D eigenvalue weighted by molar-refractivity contribution is -0.384. The Balaban J connectivity index is 1.50. The molecule has 2 aromatic carbocycles. The van der Waals surface area contributed by atoms with Gasteiger partial charge in [0.25, 0.3) is 11.6 Å². The SMILES string of the molecule is O=C(NC1CC1)c1ccc(N2CCN(S(=O)(=O)c3ccc(Cl)c(Cl)c3)CC2)c([N+](=O)[O-])c1. The van der Waals surface area contributed by atoms with Crippen molar-refractivity contribution in [2.45, 2.75) is 23.8 Å². The molecular weight excluding hydrogens is 479 g/mol. The summed E-state index contributed by atoms with van der Waals surface area (Å²) in [7, 11) is -3.78. The summed E-state index contributed by atoms with van der Waals surface area (Å²) in [5.74, 6) is -0.334. The maximum Gasteiger partial charge on any atom is 0.293 e. The van der Waals surface area contributed by atoms with Crippen LogP contribution in [0, 0.1) is 10.1 Å². The van der Waals surface area contributed by atoms with Gasteiger partial charge in [-0.15, -0.1) is 0 Å². The largest absolute Gasteiger partial charge is 0.363 e. The van der Waals surface area contributed by atoms with Crippen LogP contribution in [0.2, 0.25) is 10.0 Å². The molecule has 2 aromatic rings. The fraction of sp³-hybridized carbons (Fsp3) is 0.350. The summed E-state index contributed by atoms with van der Waals surface area (Å²) in [6, 6.07) is 8.64. The van der Waals surface area contributed by atoms with E-state index in [4.69, 9.17) is 23.2 Å². The van der Waals surface area contributed by atoms with Crippen molar-refractivity contribution in [3.05, 3.63) is 62.1 Å². The number of nitro benzene ring substituents is 1. The molecule has 1 amide bonds. The van der Waals surface area contributed by atoms with Crippen LogP contribution in [-0.2, 0) is 10.0 Å². The van der Waals surface area contributed by atoms with Gasteiger partial charge in [0.2, 0.25) is 10.0 Å². The lowest BCUT2D eigenvalue weighted by atomic mass is 10.1. The van der Waals surface area contributed by atoms with Gasteiger partial charge in [0.15, 0.2) is 0 Å². The average molecular weight is 499 g/mol. The molecule has 1 saturated carbocycles. The number of benzene rings is 2. The van der Waals surface area contributed by atoms with Crippen LogP contribution < -0.4 is 10.2 Å². The number of carbonyl (C=O) groups is 1. The highest BCUT2D eigenvalue weighted by molar-refractivity contribution is 7.89. The van der Waals surface area contributed by atoms with Crippen molar-refractivity contribution in [2.75, 3.05) is 31.1 Å². The molecule has 0 unspecified atom stereocenters. The van der Waals surface area contributed by atoms with Gasteiger partial charge in [-0.3, -0.25) is 14.9 Å². The van der Waals surface area contributed by atoms with Gasteiger partial charge < -0.3 is 10.2 Å². The first kappa shape index (κ1) is 22.8. The molecule has 9 nitrogen and oxygen atoms in total. The smallest absolute Gasteiger partial charge is 0.293 e. The first-order chi connectivity index (χ1) is 15.2. The zero-order valence-electron chi connectivity index (χ0n) is 16.8.